The van der Waals surface area contributed by atoms with Gasteiger partial charge in [0.1, 0.15) is 12.2 Å². The molecule has 146 valence electrons. The summed E-state index contributed by atoms with van der Waals surface area (Å²) in [5.74, 6) is -1.20. The Kier molecular flexibility index (Phi) is 9.21. The lowest BCUT2D eigenvalue weighted by Crippen LogP contribution is -2.61. The molecule has 1 fully saturated rings. The van der Waals surface area contributed by atoms with Crippen LogP contribution in [-0.4, -0.2) is 60.1 Å². The van der Waals surface area contributed by atoms with Crippen molar-refractivity contribution in [3.05, 3.63) is 0 Å². The second-order valence-corrected chi connectivity index (χ2v) is 7.90. The van der Waals surface area contributed by atoms with Crippen LogP contribution in [0.25, 0.3) is 0 Å². The molecule has 0 aliphatic carbocycles. The first-order chi connectivity index (χ1) is 11.6. The molecule has 5 atom stereocenters. The van der Waals surface area contributed by atoms with Crippen LogP contribution in [0.15, 0.2) is 0 Å². The van der Waals surface area contributed by atoms with Crippen molar-refractivity contribution in [3.8, 4) is 0 Å². The van der Waals surface area contributed by atoms with Gasteiger partial charge < -0.3 is 23.7 Å². The standard InChI is InChI=1S/C15H24Cl3NO6/c1-5-6-7-22-11-10(21-4)8(2)23-13(12(11)24-9(3)20)25-14(19)15(16,17)18/h8,10-13,19H,5-7H2,1-4H3/t8-,10-,11+,12-,13?/m1/s1. The highest BCUT2D eigenvalue weighted by Gasteiger charge is 2.50. The van der Waals surface area contributed by atoms with E-state index in [1.165, 1.54) is 14.0 Å². The van der Waals surface area contributed by atoms with E-state index < -0.39 is 46.4 Å². The van der Waals surface area contributed by atoms with Crippen molar-refractivity contribution in [3.63, 3.8) is 0 Å². The number of methoxy groups -OCH3 is 1. The fourth-order valence-electron chi connectivity index (χ4n) is 2.45. The first-order valence-electron chi connectivity index (χ1n) is 7.91. The van der Waals surface area contributed by atoms with Crippen LogP contribution in [0.3, 0.4) is 0 Å². The van der Waals surface area contributed by atoms with E-state index in [2.05, 4.69) is 0 Å². The molecule has 0 saturated carbocycles. The SMILES string of the molecule is CCCCO[C@H]1[C@H](OC)[C@@H](C)OC(OC(=N)C(Cl)(Cl)Cl)[C@@H]1OC(C)=O. The molecule has 0 aromatic rings. The van der Waals surface area contributed by atoms with Crippen molar-refractivity contribution in [1.82, 2.24) is 0 Å². The number of carbonyl (C=O) groups excluding carboxylic acids is 1. The lowest BCUT2D eigenvalue weighted by Gasteiger charge is -2.44. The van der Waals surface area contributed by atoms with Gasteiger partial charge in [-0.2, -0.15) is 0 Å². The summed E-state index contributed by atoms with van der Waals surface area (Å²) in [7, 11) is 1.51. The summed E-state index contributed by atoms with van der Waals surface area (Å²) in [6.07, 6.45) is -2.00. The highest BCUT2D eigenvalue weighted by Crippen LogP contribution is 2.33. The Morgan fingerprint density at radius 1 is 1.20 bits per heavy atom. The van der Waals surface area contributed by atoms with Crippen molar-refractivity contribution in [2.75, 3.05) is 13.7 Å². The zero-order valence-electron chi connectivity index (χ0n) is 14.6. The minimum Gasteiger partial charge on any atom is -0.453 e. The number of unbranched alkanes of at least 4 members (excludes halogenated alkanes) is 1. The van der Waals surface area contributed by atoms with Crippen LogP contribution in [0, 0.1) is 5.41 Å². The molecule has 0 amide bonds. The number of halogens is 3. The second kappa shape index (κ2) is 10.1. The fraction of sp³-hybridized carbons (Fsp3) is 0.867. The molecule has 1 aliphatic rings. The highest BCUT2D eigenvalue weighted by molar-refractivity contribution is 6.76. The van der Waals surface area contributed by atoms with Gasteiger partial charge in [0, 0.05) is 20.6 Å². The molecule has 7 nitrogen and oxygen atoms in total. The maximum Gasteiger partial charge on any atom is 0.303 e. The normalized spacial score (nSPS) is 30.0. The minimum atomic E-state index is -2.07. The van der Waals surface area contributed by atoms with Crippen LogP contribution in [0.2, 0.25) is 0 Å². The van der Waals surface area contributed by atoms with E-state index in [-0.39, 0.29) is 0 Å². The summed E-state index contributed by atoms with van der Waals surface area (Å²) in [5, 5.41) is 7.73. The number of esters is 1. The van der Waals surface area contributed by atoms with E-state index in [0.29, 0.717) is 6.61 Å². The lowest BCUT2D eigenvalue weighted by atomic mass is 9.99. The number of rotatable bonds is 7. The monoisotopic (exact) mass is 419 g/mol. The van der Waals surface area contributed by atoms with Crippen molar-refractivity contribution in [1.29, 1.82) is 5.41 Å². The maximum atomic E-state index is 11.5. The summed E-state index contributed by atoms with van der Waals surface area (Å²) in [6.45, 7) is 5.48. The zero-order valence-corrected chi connectivity index (χ0v) is 16.9. The Morgan fingerprint density at radius 2 is 1.84 bits per heavy atom. The molecule has 10 heteroatoms. The molecule has 25 heavy (non-hydrogen) atoms. The van der Waals surface area contributed by atoms with E-state index in [9.17, 15) is 4.79 Å². The summed E-state index contributed by atoms with van der Waals surface area (Å²) < 4.78 is 25.6. The maximum absolute atomic E-state index is 11.5. The average Bonchev–Trinajstić information content (AvgIpc) is 2.49. The molecular formula is C15H24Cl3NO6. The van der Waals surface area contributed by atoms with Crippen molar-refractivity contribution in [2.45, 2.75) is 68.1 Å². The van der Waals surface area contributed by atoms with Gasteiger partial charge in [0.2, 0.25) is 12.2 Å². The predicted molar refractivity (Wildman–Crippen MR) is 94.4 cm³/mol. The van der Waals surface area contributed by atoms with Crippen molar-refractivity contribution in [2.24, 2.45) is 0 Å². The molecule has 0 spiro atoms. The molecule has 1 saturated heterocycles. The molecule has 1 unspecified atom stereocenters. The Morgan fingerprint density at radius 3 is 2.32 bits per heavy atom. The smallest absolute Gasteiger partial charge is 0.303 e. The van der Waals surface area contributed by atoms with Gasteiger partial charge in [-0.3, -0.25) is 10.2 Å². The molecule has 0 radical (unpaired) electrons. The molecule has 1 N–H and O–H groups in total. The van der Waals surface area contributed by atoms with Gasteiger partial charge in [-0.05, 0) is 13.3 Å². The first-order valence-corrected chi connectivity index (χ1v) is 9.04. The van der Waals surface area contributed by atoms with Crippen LogP contribution in [0.4, 0.5) is 0 Å². The zero-order chi connectivity index (χ0) is 19.2. The van der Waals surface area contributed by atoms with Crippen LogP contribution in [0.5, 0.6) is 0 Å². The first kappa shape index (κ1) is 22.7. The Labute approximate surface area is 162 Å². The number of alkyl halides is 3. The molecule has 0 aromatic carbocycles. The van der Waals surface area contributed by atoms with Crippen molar-refractivity contribution >= 4 is 46.7 Å². The second-order valence-electron chi connectivity index (χ2n) is 5.62. The van der Waals surface area contributed by atoms with E-state index in [1.54, 1.807) is 6.92 Å². The largest absolute Gasteiger partial charge is 0.453 e. The molecule has 1 rings (SSSR count). The summed E-state index contributed by atoms with van der Waals surface area (Å²) in [6, 6.07) is 0. The topological polar surface area (TPSA) is 87.1 Å². The Balaban J connectivity index is 3.03. The Bertz CT molecular complexity index is 459. The van der Waals surface area contributed by atoms with E-state index in [4.69, 9.17) is 63.9 Å². The van der Waals surface area contributed by atoms with Gasteiger partial charge in [0.15, 0.2) is 6.10 Å². The summed E-state index contributed by atoms with van der Waals surface area (Å²) >= 11 is 16.9. The number of hydrogen-bond acceptors (Lipinski definition) is 7. The fourth-order valence-corrected chi connectivity index (χ4v) is 2.58. The minimum absolute atomic E-state index is 0.445. The highest BCUT2D eigenvalue weighted by atomic mass is 35.6. The van der Waals surface area contributed by atoms with Gasteiger partial charge in [-0.1, -0.05) is 48.1 Å². The molecular weight excluding hydrogens is 397 g/mol. The van der Waals surface area contributed by atoms with Crippen LogP contribution >= 0.6 is 34.8 Å². The molecule has 0 bridgehead atoms. The number of nitrogens with one attached hydrogen (secondary N) is 1. The molecule has 1 aliphatic heterocycles. The molecule has 0 aromatic heterocycles. The van der Waals surface area contributed by atoms with Gasteiger partial charge in [0.05, 0.1) is 6.10 Å². The molecule has 1 heterocycles. The van der Waals surface area contributed by atoms with Gasteiger partial charge >= 0.3 is 5.97 Å². The van der Waals surface area contributed by atoms with Gasteiger partial charge in [0.25, 0.3) is 3.79 Å². The van der Waals surface area contributed by atoms with E-state index in [0.717, 1.165) is 12.8 Å². The average molecular weight is 421 g/mol. The third-order valence-corrected chi connectivity index (χ3v) is 4.12. The van der Waals surface area contributed by atoms with Crippen LogP contribution < -0.4 is 0 Å². The van der Waals surface area contributed by atoms with Crippen molar-refractivity contribution < 1.29 is 28.5 Å². The van der Waals surface area contributed by atoms with Crippen LogP contribution in [0.1, 0.15) is 33.6 Å². The Hall–Kier alpha value is -0.310. The van der Waals surface area contributed by atoms with Crippen LogP contribution in [-0.2, 0) is 28.5 Å². The third kappa shape index (κ3) is 6.73. The van der Waals surface area contributed by atoms with Gasteiger partial charge in [-0.15, -0.1) is 0 Å². The quantitative estimate of drug-likeness (QED) is 0.224. The third-order valence-electron chi connectivity index (χ3n) is 3.60. The summed E-state index contributed by atoms with van der Waals surface area (Å²) in [4.78, 5) is 11.5. The number of hydrogen-bond donors (Lipinski definition) is 1. The summed E-state index contributed by atoms with van der Waals surface area (Å²) in [5.41, 5.74) is 0. The predicted octanol–water partition coefficient (Wildman–Crippen LogP) is 3.23. The lowest BCUT2D eigenvalue weighted by molar-refractivity contribution is -0.289. The van der Waals surface area contributed by atoms with E-state index >= 15 is 0 Å². The number of ether oxygens (including phenoxy) is 5. The van der Waals surface area contributed by atoms with Gasteiger partial charge in [-0.25, -0.2) is 0 Å². The van der Waals surface area contributed by atoms with E-state index in [1.807, 2.05) is 6.92 Å². The number of carbonyl (C=O) groups is 1.